The normalized spacial score (nSPS) is 20.0. The highest BCUT2D eigenvalue weighted by molar-refractivity contribution is 6.32. The second-order valence-electron chi connectivity index (χ2n) is 8.19. The predicted molar refractivity (Wildman–Crippen MR) is 110 cm³/mol. The number of rotatable bonds is 6. The van der Waals surface area contributed by atoms with Gasteiger partial charge < -0.3 is 9.84 Å². The van der Waals surface area contributed by atoms with Gasteiger partial charge in [0.25, 0.3) is 0 Å². The standard InChI is InChI=1S/C23H21ClF6O3/c1-12(21(31)32)16-3-2-4-17(16)14-9-18(13-5-7-15(8-6-13)23(28,29)30)20(19(24)10-14)33-11-22(25,26)27/h5-10,12,16-17H,2-4,11H2,1H3,(H,31,32). The van der Waals surface area contributed by atoms with Gasteiger partial charge >= 0.3 is 18.3 Å². The Hall–Kier alpha value is -2.42. The van der Waals surface area contributed by atoms with Gasteiger partial charge in [0.2, 0.25) is 0 Å². The summed E-state index contributed by atoms with van der Waals surface area (Å²) in [6.07, 6.45) is -7.12. The minimum absolute atomic E-state index is 0.115. The van der Waals surface area contributed by atoms with Gasteiger partial charge in [0, 0.05) is 5.56 Å². The van der Waals surface area contributed by atoms with Gasteiger partial charge in [-0.25, -0.2) is 0 Å². The molecule has 0 bridgehead atoms. The second kappa shape index (κ2) is 9.44. The Balaban J connectivity index is 2.08. The molecule has 3 atom stereocenters. The summed E-state index contributed by atoms with van der Waals surface area (Å²) in [5, 5.41) is 9.31. The van der Waals surface area contributed by atoms with Crippen molar-refractivity contribution in [3.05, 3.63) is 52.5 Å². The third-order valence-electron chi connectivity index (χ3n) is 6.00. The molecule has 3 unspecified atom stereocenters. The van der Waals surface area contributed by atoms with Crippen LogP contribution in [0, 0.1) is 11.8 Å². The van der Waals surface area contributed by atoms with Crippen LogP contribution in [0.5, 0.6) is 5.75 Å². The lowest BCUT2D eigenvalue weighted by Gasteiger charge is -2.25. The van der Waals surface area contributed by atoms with Gasteiger partial charge in [-0.1, -0.05) is 37.1 Å². The number of ether oxygens (including phenoxy) is 1. The summed E-state index contributed by atoms with van der Waals surface area (Å²) in [4.78, 5) is 11.5. The highest BCUT2D eigenvalue weighted by Crippen LogP contribution is 2.48. The Kier molecular flexibility index (Phi) is 7.21. The van der Waals surface area contributed by atoms with Crippen LogP contribution in [0.25, 0.3) is 11.1 Å². The summed E-state index contributed by atoms with van der Waals surface area (Å²) in [7, 11) is 0. The lowest BCUT2D eigenvalue weighted by molar-refractivity contribution is -0.153. The molecule has 1 N–H and O–H groups in total. The average Bonchev–Trinajstić information content (AvgIpc) is 3.20. The molecule has 0 radical (unpaired) electrons. The van der Waals surface area contributed by atoms with Crippen LogP contribution in [0.4, 0.5) is 26.3 Å². The van der Waals surface area contributed by atoms with Gasteiger partial charge in [0.05, 0.1) is 16.5 Å². The quantitative estimate of drug-likeness (QED) is 0.421. The van der Waals surface area contributed by atoms with E-state index in [1.54, 1.807) is 6.92 Å². The Morgan fingerprint density at radius 3 is 2.30 bits per heavy atom. The van der Waals surface area contributed by atoms with Gasteiger partial charge in [-0.2, -0.15) is 26.3 Å². The monoisotopic (exact) mass is 494 g/mol. The lowest BCUT2D eigenvalue weighted by atomic mass is 9.80. The Bertz CT molecular complexity index is 1000. The smallest absolute Gasteiger partial charge is 0.422 e. The number of carboxylic acids is 1. The summed E-state index contributed by atoms with van der Waals surface area (Å²) >= 11 is 6.30. The third-order valence-corrected chi connectivity index (χ3v) is 6.28. The van der Waals surface area contributed by atoms with E-state index in [2.05, 4.69) is 0 Å². The molecule has 0 amide bonds. The summed E-state index contributed by atoms with van der Waals surface area (Å²) in [6, 6.07) is 6.94. The number of halogens is 7. The molecule has 0 heterocycles. The first-order valence-corrected chi connectivity index (χ1v) is 10.6. The SMILES string of the molecule is CC(C(=O)O)C1CCCC1c1cc(Cl)c(OCC(F)(F)F)c(-c2ccc(C(F)(F)F)cc2)c1. The van der Waals surface area contributed by atoms with Crippen LogP contribution in [0.3, 0.4) is 0 Å². The van der Waals surface area contributed by atoms with Gasteiger partial charge in [-0.3, -0.25) is 4.79 Å². The first kappa shape index (κ1) is 25.2. The summed E-state index contributed by atoms with van der Waals surface area (Å²) in [5.41, 5.74) is 0.0242. The molecular weight excluding hydrogens is 474 g/mol. The van der Waals surface area contributed by atoms with Gasteiger partial charge in [-0.15, -0.1) is 0 Å². The van der Waals surface area contributed by atoms with Crippen LogP contribution >= 0.6 is 11.6 Å². The van der Waals surface area contributed by atoms with Crippen LogP contribution in [0.15, 0.2) is 36.4 Å². The fourth-order valence-electron chi connectivity index (χ4n) is 4.37. The molecule has 180 valence electrons. The highest BCUT2D eigenvalue weighted by Gasteiger charge is 2.37. The molecule has 3 nitrogen and oxygen atoms in total. The molecular formula is C23H21ClF6O3. The molecule has 33 heavy (non-hydrogen) atoms. The molecule has 0 aromatic heterocycles. The van der Waals surface area contributed by atoms with Crippen molar-refractivity contribution in [2.45, 2.75) is 44.5 Å². The minimum Gasteiger partial charge on any atom is -0.482 e. The number of hydrogen-bond donors (Lipinski definition) is 1. The number of benzene rings is 2. The first-order chi connectivity index (χ1) is 15.3. The van der Waals surface area contributed by atoms with Crippen molar-refractivity contribution in [1.82, 2.24) is 0 Å². The van der Waals surface area contributed by atoms with E-state index in [0.29, 0.717) is 18.4 Å². The van der Waals surface area contributed by atoms with E-state index in [0.717, 1.165) is 30.7 Å². The van der Waals surface area contributed by atoms with Crippen LogP contribution in [-0.4, -0.2) is 23.9 Å². The van der Waals surface area contributed by atoms with Crippen LogP contribution < -0.4 is 4.74 Å². The Morgan fingerprint density at radius 1 is 1.12 bits per heavy atom. The van der Waals surface area contributed by atoms with Crippen molar-refractivity contribution in [2.75, 3.05) is 6.61 Å². The predicted octanol–water partition coefficient (Wildman–Crippen LogP) is 7.57. The maximum Gasteiger partial charge on any atom is 0.422 e. The Morgan fingerprint density at radius 2 is 1.76 bits per heavy atom. The van der Waals surface area contributed by atoms with E-state index in [1.807, 2.05) is 0 Å². The highest BCUT2D eigenvalue weighted by atomic mass is 35.5. The van der Waals surface area contributed by atoms with Crippen LogP contribution in [-0.2, 0) is 11.0 Å². The molecule has 1 fully saturated rings. The second-order valence-corrected chi connectivity index (χ2v) is 8.59. The zero-order valence-electron chi connectivity index (χ0n) is 17.4. The molecule has 2 aromatic rings. The largest absolute Gasteiger partial charge is 0.482 e. The third kappa shape index (κ3) is 5.93. The fourth-order valence-corrected chi connectivity index (χ4v) is 4.65. The van der Waals surface area contributed by atoms with E-state index >= 15 is 0 Å². The molecule has 0 aliphatic heterocycles. The number of aliphatic carboxylic acids is 1. The zero-order valence-corrected chi connectivity index (χ0v) is 18.2. The van der Waals surface area contributed by atoms with Crippen molar-refractivity contribution in [3.8, 4) is 16.9 Å². The first-order valence-electron chi connectivity index (χ1n) is 10.2. The molecule has 1 aliphatic carbocycles. The summed E-state index contributed by atoms with van der Waals surface area (Å²) in [6.45, 7) is -0.0215. The number of carbonyl (C=O) groups is 1. The topological polar surface area (TPSA) is 46.5 Å². The average molecular weight is 495 g/mol. The molecule has 2 aromatic carbocycles. The van der Waals surface area contributed by atoms with Crippen molar-refractivity contribution in [2.24, 2.45) is 11.8 Å². The maximum absolute atomic E-state index is 13.0. The van der Waals surface area contributed by atoms with E-state index in [-0.39, 0.29) is 33.7 Å². The van der Waals surface area contributed by atoms with Gasteiger partial charge in [0.15, 0.2) is 6.61 Å². The van der Waals surface area contributed by atoms with Crippen molar-refractivity contribution in [1.29, 1.82) is 0 Å². The van der Waals surface area contributed by atoms with E-state index in [9.17, 15) is 36.2 Å². The number of alkyl halides is 6. The van der Waals surface area contributed by atoms with Gasteiger partial charge in [-0.05, 0) is 60.1 Å². The van der Waals surface area contributed by atoms with Gasteiger partial charge in [0.1, 0.15) is 5.75 Å². The van der Waals surface area contributed by atoms with Crippen molar-refractivity contribution < 1.29 is 41.0 Å². The number of carboxylic acid groups (broad SMARTS) is 1. The molecule has 0 spiro atoms. The Labute approximate surface area is 191 Å². The fraction of sp³-hybridized carbons (Fsp3) is 0.435. The zero-order chi connectivity index (χ0) is 24.6. The maximum atomic E-state index is 13.0. The lowest BCUT2D eigenvalue weighted by Crippen LogP contribution is -2.23. The molecule has 3 rings (SSSR count). The molecule has 1 aliphatic rings. The van der Waals surface area contributed by atoms with E-state index < -0.39 is 36.4 Å². The summed E-state index contributed by atoms with van der Waals surface area (Å²) < 4.78 is 82.1. The molecule has 0 saturated heterocycles. The molecule has 10 heteroatoms. The summed E-state index contributed by atoms with van der Waals surface area (Å²) in [5.74, 6) is -2.31. The van der Waals surface area contributed by atoms with E-state index in [4.69, 9.17) is 16.3 Å². The van der Waals surface area contributed by atoms with E-state index in [1.165, 1.54) is 12.1 Å². The van der Waals surface area contributed by atoms with Crippen LogP contribution in [0.1, 0.15) is 43.2 Å². The van der Waals surface area contributed by atoms with Crippen LogP contribution in [0.2, 0.25) is 5.02 Å². The molecule has 1 saturated carbocycles. The minimum atomic E-state index is -4.65. The van der Waals surface area contributed by atoms with Crippen molar-refractivity contribution >= 4 is 17.6 Å². The van der Waals surface area contributed by atoms with Crippen molar-refractivity contribution in [3.63, 3.8) is 0 Å². The number of hydrogen-bond acceptors (Lipinski definition) is 2.